The van der Waals surface area contributed by atoms with E-state index in [1.165, 1.54) is 5.56 Å². The van der Waals surface area contributed by atoms with E-state index in [2.05, 4.69) is 24.8 Å². The topological polar surface area (TPSA) is 0 Å². The molecule has 0 fully saturated rings. The van der Waals surface area contributed by atoms with Crippen LogP contribution in [-0.4, -0.2) is 0 Å². The zero-order valence-corrected chi connectivity index (χ0v) is 6.19. The summed E-state index contributed by atoms with van der Waals surface area (Å²) in [5.41, 5.74) is 1.27. The molecule has 0 aliphatic rings. The molecule has 0 amide bonds. The van der Waals surface area contributed by atoms with Crippen LogP contribution >= 0.6 is 12.6 Å². The third-order valence-electron chi connectivity index (χ3n) is 1.03. The van der Waals surface area contributed by atoms with Gasteiger partial charge in [0.1, 0.15) is 0 Å². The second kappa shape index (κ2) is 6.55. The van der Waals surface area contributed by atoms with Gasteiger partial charge in [-0.05, 0) is 5.56 Å². The standard InChI is InChI=1S/C7H8S.F2/c8-6-7-4-2-1-3-5-7;1-2/h1-5,8H,6H2;. The Morgan fingerprint density at radius 3 is 1.90 bits per heavy atom. The van der Waals surface area contributed by atoms with Crippen molar-refractivity contribution in [3.63, 3.8) is 0 Å². The van der Waals surface area contributed by atoms with Gasteiger partial charge in [-0.2, -0.15) is 12.6 Å². The van der Waals surface area contributed by atoms with Gasteiger partial charge >= 0.3 is 0 Å². The molecule has 0 saturated heterocycles. The number of halogens is 2. The molecular weight excluding hydrogens is 154 g/mol. The maximum atomic E-state index is 8.00. The van der Waals surface area contributed by atoms with Crippen LogP contribution in [0.15, 0.2) is 30.3 Å². The van der Waals surface area contributed by atoms with E-state index in [1.54, 1.807) is 0 Å². The van der Waals surface area contributed by atoms with Crippen molar-refractivity contribution in [1.82, 2.24) is 0 Å². The van der Waals surface area contributed by atoms with Gasteiger partial charge in [0.05, 0.1) is 0 Å². The van der Waals surface area contributed by atoms with Gasteiger partial charge in [0.2, 0.25) is 0 Å². The van der Waals surface area contributed by atoms with Crippen molar-refractivity contribution in [1.29, 1.82) is 0 Å². The second-order valence-electron chi connectivity index (χ2n) is 1.64. The van der Waals surface area contributed by atoms with Crippen LogP contribution in [0, 0.1) is 0 Å². The minimum Gasteiger partial charge on any atom is -0.175 e. The van der Waals surface area contributed by atoms with E-state index in [0.29, 0.717) is 0 Å². The first kappa shape index (κ1) is 9.43. The zero-order valence-electron chi connectivity index (χ0n) is 5.30. The van der Waals surface area contributed by atoms with Crippen LogP contribution in [-0.2, 0) is 5.75 Å². The predicted molar refractivity (Wildman–Crippen MR) is 41.3 cm³/mol. The van der Waals surface area contributed by atoms with E-state index in [0.717, 1.165) is 5.75 Å². The van der Waals surface area contributed by atoms with E-state index in [1.807, 2.05) is 18.2 Å². The van der Waals surface area contributed by atoms with Crippen molar-refractivity contribution in [2.45, 2.75) is 5.75 Å². The minimum atomic E-state index is 0.834. The molecule has 0 N–H and O–H groups in total. The number of benzene rings is 1. The molecular formula is C7H8F2S. The van der Waals surface area contributed by atoms with Gasteiger partial charge in [-0.25, -0.2) is 0 Å². The lowest BCUT2D eigenvalue weighted by Crippen LogP contribution is -1.71. The Balaban J connectivity index is 0.000000371. The highest BCUT2D eigenvalue weighted by atomic mass is 32.1. The van der Waals surface area contributed by atoms with Gasteiger partial charge in [-0.3, -0.25) is 0 Å². The van der Waals surface area contributed by atoms with E-state index in [-0.39, 0.29) is 0 Å². The van der Waals surface area contributed by atoms with Gasteiger partial charge in [0.25, 0.3) is 0 Å². The van der Waals surface area contributed by atoms with Crippen molar-refractivity contribution >= 4 is 12.6 Å². The summed E-state index contributed by atoms with van der Waals surface area (Å²) < 4.78 is 16.0. The summed E-state index contributed by atoms with van der Waals surface area (Å²) in [4.78, 5) is 0. The van der Waals surface area contributed by atoms with Crippen molar-refractivity contribution in [3.05, 3.63) is 35.9 Å². The Morgan fingerprint density at radius 2 is 1.60 bits per heavy atom. The highest BCUT2D eigenvalue weighted by molar-refractivity contribution is 7.79. The fourth-order valence-electron chi connectivity index (χ4n) is 0.583. The first-order chi connectivity index (χ1) is 4.93. The van der Waals surface area contributed by atoms with Crippen LogP contribution in [0.4, 0.5) is 9.15 Å². The molecule has 0 atom stereocenters. The number of hydrogen-bond donors (Lipinski definition) is 1. The van der Waals surface area contributed by atoms with Gasteiger partial charge < -0.3 is 0 Å². The Bertz CT molecular complexity index is 153. The molecule has 0 bridgehead atoms. The molecule has 1 rings (SSSR count). The summed E-state index contributed by atoms with van der Waals surface area (Å²) in [6, 6.07) is 10.2. The smallest absolute Gasteiger partial charge is 0.0154 e. The quantitative estimate of drug-likeness (QED) is 0.603. The van der Waals surface area contributed by atoms with Crippen LogP contribution in [0.2, 0.25) is 0 Å². The molecule has 1 aromatic rings. The van der Waals surface area contributed by atoms with E-state index in [9.17, 15) is 0 Å². The van der Waals surface area contributed by atoms with Crippen molar-refractivity contribution in [2.24, 2.45) is 0 Å². The maximum Gasteiger partial charge on any atom is 0.0154 e. The lowest BCUT2D eigenvalue weighted by Gasteiger charge is -1.89. The Hall–Kier alpha value is -0.570. The van der Waals surface area contributed by atoms with E-state index < -0.39 is 0 Å². The molecule has 0 aromatic heterocycles. The second-order valence-corrected chi connectivity index (χ2v) is 1.96. The molecule has 56 valence electrons. The fraction of sp³-hybridized carbons (Fsp3) is 0.143. The molecule has 0 heterocycles. The normalized spacial score (nSPS) is 7.90. The summed E-state index contributed by atoms with van der Waals surface area (Å²) in [5, 5.41) is 0. The maximum absolute atomic E-state index is 8.00. The van der Waals surface area contributed by atoms with Gasteiger partial charge in [0, 0.05) is 14.9 Å². The van der Waals surface area contributed by atoms with Gasteiger partial charge in [0.15, 0.2) is 0 Å². The average Bonchev–Trinajstić information content (AvgIpc) is 2.10. The highest BCUT2D eigenvalue weighted by Gasteiger charge is 1.80. The molecule has 0 aliphatic carbocycles. The summed E-state index contributed by atoms with van der Waals surface area (Å²) in [7, 11) is 0. The van der Waals surface area contributed by atoms with Crippen LogP contribution in [0.3, 0.4) is 0 Å². The Kier molecular flexibility index (Phi) is 6.18. The summed E-state index contributed by atoms with van der Waals surface area (Å²) >= 11 is 4.11. The Labute approximate surface area is 64.1 Å². The third kappa shape index (κ3) is 3.45. The van der Waals surface area contributed by atoms with E-state index in [4.69, 9.17) is 9.15 Å². The zero-order chi connectivity index (χ0) is 7.82. The van der Waals surface area contributed by atoms with Crippen molar-refractivity contribution in [2.75, 3.05) is 0 Å². The molecule has 0 unspecified atom stereocenters. The van der Waals surface area contributed by atoms with Crippen molar-refractivity contribution < 1.29 is 9.15 Å². The largest absolute Gasteiger partial charge is 0.175 e. The van der Waals surface area contributed by atoms with Gasteiger partial charge in [-0.15, -0.1) is 0 Å². The summed E-state index contributed by atoms with van der Waals surface area (Å²) in [6.45, 7) is 0. The molecule has 0 saturated carbocycles. The summed E-state index contributed by atoms with van der Waals surface area (Å²) in [5.74, 6) is 0.834. The first-order valence-corrected chi connectivity index (χ1v) is 3.36. The SMILES string of the molecule is FF.SCc1ccccc1. The summed E-state index contributed by atoms with van der Waals surface area (Å²) in [6.07, 6.45) is 0. The molecule has 0 nitrogen and oxygen atoms in total. The highest BCUT2D eigenvalue weighted by Crippen LogP contribution is 2.00. The predicted octanol–water partition coefficient (Wildman–Crippen LogP) is 2.96. The molecule has 1 aromatic carbocycles. The number of thiol groups is 1. The van der Waals surface area contributed by atoms with Crippen LogP contribution < -0.4 is 0 Å². The van der Waals surface area contributed by atoms with Crippen LogP contribution in [0.5, 0.6) is 0 Å². The van der Waals surface area contributed by atoms with Crippen LogP contribution in [0.1, 0.15) is 5.56 Å². The first-order valence-electron chi connectivity index (χ1n) is 2.72. The fourth-order valence-corrected chi connectivity index (χ4v) is 0.794. The van der Waals surface area contributed by atoms with Gasteiger partial charge in [-0.1, -0.05) is 30.3 Å². The number of rotatable bonds is 1. The Morgan fingerprint density at radius 1 is 1.10 bits per heavy atom. The molecule has 3 heteroatoms. The number of hydrogen-bond acceptors (Lipinski definition) is 1. The third-order valence-corrected chi connectivity index (χ3v) is 1.39. The minimum absolute atomic E-state index is 0.834. The molecule has 0 spiro atoms. The van der Waals surface area contributed by atoms with Crippen LogP contribution in [0.25, 0.3) is 0 Å². The molecule has 0 radical (unpaired) electrons. The lowest BCUT2D eigenvalue weighted by molar-refractivity contribution is 0.108. The molecule has 10 heavy (non-hydrogen) atoms. The molecule has 0 aliphatic heterocycles. The van der Waals surface area contributed by atoms with E-state index >= 15 is 0 Å². The monoisotopic (exact) mass is 162 g/mol. The lowest BCUT2D eigenvalue weighted by atomic mass is 10.2. The average molecular weight is 162 g/mol. The van der Waals surface area contributed by atoms with Crippen molar-refractivity contribution in [3.8, 4) is 0 Å².